The van der Waals surface area contributed by atoms with Crippen molar-refractivity contribution >= 4 is 0 Å². The van der Waals surface area contributed by atoms with Gasteiger partial charge in [-0.1, -0.05) is 19.1 Å². The van der Waals surface area contributed by atoms with Crippen LogP contribution in [0.15, 0.2) is 24.3 Å². The Bertz CT molecular complexity index is 445. The smallest absolute Gasteiger partial charge is 0.119 e. The number of hydrogen-bond acceptors (Lipinski definition) is 4. The summed E-state index contributed by atoms with van der Waals surface area (Å²) in [6.07, 6.45) is 3.06. The molecule has 1 saturated carbocycles. The first-order chi connectivity index (χ1) is 10.3. The normalized spacial score (nSPS) is 24.8. The number of nitrogens with zero attached hydrogens (tertiary/aromatic N) is 1. The first-order valence-corrected chi connectivity index (χ1v) is 8.08. The van der Waals surface area contributed by atoms with Crippen LogP contribution in [0.1, 0.15) is 31.4 Å². The van der Waals surface area contributed by atoms with Gasteiger partial charge < -0.3 is 14.8 Å². The molecule has 1 aliphatic heterocycles. The fourth-order valence-corrected chi connectivity index (χ4v) is 2.92. The second-order valence-electron chi connectivity index (χ2n) is 5.96. The highest BCUT2D eigenvalue weighted by atomic mass is 16.5. The molecule has 1 heterocycles. The lowest BCUT2D eigenvalue weighted by molar-refractivity contribution is -0.0444. The van der Waals surface area contributed by atoms with E-state index in [2.05, 4.69) is 41.4 Å². The lowest BCUT2D eigenvalue weighted by Gasteiger charge is -2.36. The molecule has 1 saturated heterocycles. The molecule has 21 heavy (non-hydrogen) atoms. The quantitative estimate of drug-likeness (QED) is 0.871. The van der Waals surface area contributed by atoms with Crippen molar-refractivity contribution in [2.45, 2.75) is 38.0 Å². The number of likely N-dealkylation sites (N-methyl/N-ethyl adjacent to an activating group) is 2. The standard InChI is InChI=1S/C17H26N2O2/c1-3-19-10-11-20-16(12-19)17(18-2)13-4-6-14(7-5-13)21-15-8-9-15/h4-7,15-18H,3,8-12H2,1-2H3. The number of morpholine rings is 1. The third-order valence-electron chi connectivity index (χ3n) is 4.37. The Morgan fingerprint density at radius 1 is 1.33 bits per heavy atom. The molecule has 1 N–H and O–H groups in total. The number of benzene rings is 1. The first kappa shape index (κ1) is 14.8. The van der Waals surface area contributed by atoms with Gasteiger partial charge in [0, 0.05) is 13.1 Å². The predicted octanol–water partition coefficient (Wildman–Crippen LogP) is 2.21. The summed E-state index contributed by atoms with van der Waals surface area (Å²) in [4.78, 5) is 2.45. The Morgan fingerprint density at radius 2 is 2.10 bits per heavy atom. The van der Waals surface area contributed by atoms with E-state index in [0.29, 0.717) is 6.10 Å². The van der Waals surface area contributed by atoms with Crippen molar-refractivity contribution < 1.29 is 9.47 Å². The van der Waals surface area contributed by atoms with E-state index in [1.165, 1.54) is 18.4 Å². The topological polar surface area (TPSA) is 33.7 Å². The zero-order valence-electron chi connectivity index (χ0n) is 13.0. The Labute approximate surface area is 127 Å². The fourth-order valence-electron chi connectivity index (χ4n) is 2.92. The van der Waals surface area contributed by atoms with Gasteiger partial charge in [-0.25, -0.2) is 0 Å². The van der Waals surface area contributed by atoms with Crippen molar-refractivity contribution in [3.63, 3.8) is 0 Å². The van der Waals surface area contributed by atoms with Crippen LogP contribution < -0.4 is 10.1 Å². The van der Waals surface area contributed by atoms with Crippen LogP contribution in [0.3, 0.4) is 0 Å². The van der Waals surface area contributed by atoms with Crippen molar-refractivity contribution in [2.24, 2.45) is 0 Å². The van der Waals surface area contributed by atoms with Crippen LogP contribution in [0.4, 0.5) is 0 Å². The second kappa shape index (κ2) is 6.77. The van der Waals surface area contributed by atoms with Crippen LogP contribution >= 0.6 is 0 Å². The Morgan fingerprint density at radius 3 is 2.71 bits per heavy atom. The summed E-state index contributed by atoms with van der Waals surface area (Å²) in [7, 11) is 2.01. The van der Waals surface area contributed by atoms with Crippen molar-refractivity contribution in [1.82, 2.24) is 10.2 Å². The minimum absolute atomic E-state index is 0.207. The van der Waals surface area contributed by atoms with Crippen LogP contribution in [-0.2, 0) is 4.74 Å². The highest BCUT2D eigenvalue weighted by Gasteiger charge is 2.28. The molecule has 4 nitrogen and oxygen atoms in total. The van der Waals surface area contributed by atoms with Crippen LogP contribution in [0.25, 0.3) is 0 Å². The molecule has 1 aliphatic carbocycles. The van der Waals surface area contributed by atoms with Gasteiger partial charge in [0.1, 0.15) is 5.75 Å². The molecule has 2 fully saturated rings. The number of hydrogen-bond donors (Lipinski definition) is 1. The van der Waals surface area contributed by atoms with Crippen LogP contribution in [0, 0.1) is 0 Å². The highest BCUT2D eigenvalue weighted by Crippen LogP contribution is 2.28. The third kappa shape index (κ3) is 3.76. The third-order valence-corrected chi connectivity index (χ3v) is 4.37. The summed E-state index contributed by atoms with van der Waals surface area (Å²) in [5.74, 6) is 0.982. The molecule has 1 aromatic carbocycles. The Hall–Kier alpha value is -1.10. The molecule has 0 radical (unpaired) electrons. The van der Waals surface area contributed by atoms with Crippen molar-refractivity contribution in [1.29, 1.82) is 0 Å². The van der Waals surface area contributed by atoms with Gasteiger partial charge in [0.15, 0.2) is 0 Å². The maximum Gasteiger partial charge on any atom is 0.119 e. The molecular formula is C17H26N2O2. The van der Waals surface area contributed by atoms with E-state index in [1.807, 2.05) is 7.05 Å². The van der Waals surface area contributed by atoms with E-state index in [-0.39, 0.29) is 12.1 Å². The molecule has 1 aromatic rings. The predicted molar refractivity (Wildman–Crippen MR) is 83.7 cm³/mol. The van der Waals surface area contributed by atoms with E-state index in [4.69, 9.17) is 9.47 Å². The van der Waals surface area contributed by atoms with E-state index < -0.39 is 0 Å². The van der Waals surface area contributed by atoms with Gasteiger partial charge in [0.2, 0.25) is 0 Å². The average Bonchev–Trinajstić information content (AvgIpc) is 3.34. The van der Waals surface area contributed by atoms with Gasteiger partial charge in [-0.15, -0.1) is 0 Å². The minimum atomic E-state index is 0.207. The van der Waals surface area contributed by atoms with E-state index >= 15 is 0 Å². The van der Waals surface area contributed by atoms with E-state index in [1.54, 1.807) is 0 Å². The lowest BCUT2D eigenvalue weighted by Crippen LogP contribution is -2.47. The van der Waals surface area contributed by atoms with Crippen molar-refractivity contribution in [2.75, 3.05) is 33.3 Å². The largest absolute Gasteiger partial charge is 0.490 e. The van der Waals surface area contributed by atoms with Crippen LogP contribution in [0.2, 0.25) is 0 Å². The molecule has 116 valence electrons. The van der Waals surface area contributed by atoms with Gasteiger partial charge in [0.25, 0.3) is 0 Å². The van der Waals surface area contributed by atoms with Crippen molar-refractivity contribution in [3.05, 3.63) is 29.8 Å². The summed E-state index contributed by atoms with van der Waals surface area (Å²) in [5, 5.41) is 3.41. The molecule has 0 bridgehead atoms. The zero-order valence-corrected chi connectivity index (χ0v) is 13.0. The summed E-state index contributed by atoms with van der Waals surface area (Å²) in [6, 6.07) is 8.71. The van der Waals surface area contributed by atoms with Gasteiger partial charge in [-0.2, -0.15) is 0 Å². The van der Waals surface area contributed by atoms with Crippen molar-refractivity contribution in [3.8, 4) is 5.75 Å². The summed E-state index contributed by atoms with van der Waals surface area (Å²) >= 11 is 0. The fraction of sp³-hybridized carbons (Fsp3) is 0.647. The average molecular weight is 290 g/mol. The Balaban J connectivity index is 1.66. The monoisotopic (exact) mass is 290 g/mol. The Kier molecular flexibility index (Phi) is 4.78. The lowest BCUT2D eigenvalue weighted by atomic mass is 10.00. The van der Waals surface area contributed by atoms with Crippen LogP contribution in [0.5, 0.6) is 5.75 Å². The zero-order chi connectivity index (χ0) is 14.7. The maximum atomic E-state index is 5.99. The molecule has 2 unspecified atom stereocenters. The maximum absolute atomic E-state index is 5.99. The first-order valence-electron chi connectivity index (χ1n) is 8.08. The van der Waals surface area contributed by atoms with Gasteiger partial charge in [0.05, 0.1) is 24.9 Å². The number of nitrogens with one attached hydrogen (secondary N) is 1. The molecule has 4 heteroatoms. The molecule has 0 spiro atoms. The van der Waals surface area contributed by atoms with E-state index in [0.717, 1.165) is 32.0 Å². The number of rotatable bonds is 6. The second-order valence-corrected chi connectivity index (χ2v) is 5.96. The number of ether oxygens (including phenoxy) is 2. The molecule has 3 rings (SSSR count). The summed E-state index contributed by atoms with van der Waals surface area (Å²) in [5.41, 5.74) is 1.27. The SMILES string of the molecule is CCN1CCOC(C(NC)c2ccc(OC3CC3)cc2)C1. The summed E-state index contributed by atoms with van der Waals surface area (Å²) in [6.45, 7) is 6.14. The molecule has 2 atom stereocenters. The van der Waals surface area contributed by atoms with Gasteiger partial charge in [-0.3, -0.25) is 4.90 Å². The van der Waals surface area contributed by atoms with Gasteiger partial charge >= 0.3 is 0 Å². The van der Waals surface area contributed by atoms with E-state index in [9.17, 15) is 0 Å². The van der Waals surface area contributed by atoms with Crippen LogP contribution in [-0.4, -0.2) is 50.4 Å². The summed E-state index contributed by atoms with van der Waals surface area (Å²) < 4.78 is 11.8. The minimum Gasteiger partial charge on any atom is -0.490 e. The molecule has 0 amide bonds. The highest BCUT2D eigenvalue weighted by molar-refractivity contribution is 5.30. The molecule has 0 aromatic heterocycles. The molecule has 2 aliphatic rings. The van der Waals surface area contributed by atoms with Gasteiger partial charge in [-0.05, 0) is 44.1 Å². The molecular weight excluding hydrogens is 264 g/mol.